The number of hydrogen-bond donors (Lipinski definition) is 2. The van der Waals surface area contributed by atoms with Crippen LogP contribution >= 0.6 is 0 Å². The van der Waals surface area contributed by atoms with Crippen LogP contribution in [0.2, 0.25) is 0 Å². The second-order valence-electron chi connectivity index (χ2n) is 6.86. The molecule has 2 aliphatic rings. The van der Waals surface area contributed by atoms with Crippen molar-refractivity contribution in [2.24, 2.45) is 5.41 Å². The van der Waals surface area contributed by atoms with Crippen molar-refractivity contribution in [3.8, 4) is 0 Å². The van der Waals surface area contributed by atoms with Crippen LogP contribution in [0.1, 0.15) is 33.6 Å². The van der Waals surface area contributed by atoms with E-state index in [1.165, 1.54) is 6.42 Å². The van der Waals surface area contributed by atoms with Crippen molar-refractivity contribution in [1.29, 1.82) is 0 Å². The number of carbonyl (C=O) groups is 2. The monoisotopic (exact) mass is 283 g/mol. The second kappa shape index (κ2) is 5.60. The van der Waals surface area contributed by atoms with Crippen molar-refractivity contribution in [3.63, 3.8) is 0 Å². The van der Waals surface area contributed by atoms with Crippen LogP contribution in [-0.2, 0) is 4.79 Å². The summed E-state index contributed by atoms with van der Waals surface area (Å²) in [5.41, 5.74) is -0.503. The summed E-state index contributed by atoms with van der Waals surface area (Å²) < 4.78 is 0. The first-order valence-corrected chi connectivity index (χ1v) is 7.31. The van der Waals surface area contributed by atoms with Crippen LogP contribution in [0.15, 0.2) is 0 Å². The summed E-state index contributed by atoms with van der Waals surface area (Å²) in [6.45, 7) is 8.87. The Kier molecular flexibility index (Phi) is 4.22. The molecule has 6 nitrogen and oxygen atoms in total. The highest BCUT2D eigenvalue weighted by atomic mass is 16.4. The summed E-state index contributed by atoms with van der Waals surface area (Å²) in [5, 5.41) is 11.9. The molecule has 2 atom stereocenters. The van der Waals surface area contributed by atoms with Gasteiger partial charge in [0, 0.05) is 25.7 Å². The molecule has 0 radical (unpaired) electrons. The van der Waals surface area contributed by atoms with Gasteiger partial charge in [0.1, 0.15) is 6.04 Å². The molecular formula is C14H25N3O3. The molecule has 2 unspecified atom stereocenters. The zero-order chi connectivity index (χ0) is 14.9. The highest BCUT2D eigenvalue weighted by Gasteiger charge is 2.36. The van der Waals surface area contributed by atoms with E-state index in [0.29, 0.717) is 19.1 Å². The number of piperazine rings is 1. The van der Waals surface area contributed by atoms with Crippen LogP contribution in [0.25, 0.3) is 0 Å². The molecule has 2 saturated heterocycles. The smallest absolute Gasteiger partial charge is 0.326 e. The Morgan fingerprint density at radius 3 is 2.55 bits per heavy atom. The maximum absolute atomic E-state index is 12.3. The van der Waals surface area contributed by atoms with E-state index in [0.717, 1.165) is 19.5 Å². The van der Waals surface area contributed by atoms with Crippen LogP contribution < -0.4 is 5.32 Å². The molecule has 0 bridgehead atoms. The lowest BCUT2D eigenvalue weighted by atomic mass is 9.87. The molecule has 0 aromatic heterocycles. The van der Waals surface area contributed by atoms with Gasteiger partial charge in [-0.15, -0.1) is 0 Å². The first kappa shape index (κ1) is 15.1. The Labute approximate surface area is 120 Å². The minimum Gasteiger partial charge on any atom is -0.480 e. The Morgan fingerprint density at radius 1 is 1.25 bits per heavy atom. The van der Waals surface area contributed by atoms with Gasteiger partial charge in [-0.25, -0.2) is 9.59 Å². The molecule has 2 fully saturated rings. The summed E-state index contributed by atoms with van der Waals surface area (Å²) in [5.74, 6) is -0.981. The number of fused-ring (bicyclic) bond motifs is 1. The number of nitrogens with zero attached hydrogens (tertiary/aromatic N) is 2. The molecular weight excluding hydrogens is 258 g/mol. The molecule has 2 heterocycles. The predicted molar refractivity (Wildman–Crippen MR) is 75.6 cm³/mol. The van der Waals surface area contributed by atoms with Crippen molar-refractivity contribution in [2.75, 3.05) is 26.2 Å². The number of carboxylic acids is 1. The Morgan fingerprint density at radius 2 is 1.95 bits per heavy atom. The minimum atomic E-state index is -0.981. The molecule has 0 aliphatic carbocycles. The topological polar surface area (TPSA) is 72.9 Å². The van der Waals surface area contributed by atoms with E-state index in [1.807, 2.05) is 20.8 Å². The Hall–Kier alpha value is -1.30. The minimum absolute atomic E-state index is 0.251. The van der Waals surface area contributed by atoms with Crippen molar-refractivity contribution in [1.82, 2.24) is 15.1 Å². The normalized spacial score (nSPS) is 25.1. The number of urea groups is 1. The predicted octanol–water partition coefficient (Wildman–Crippen LogP) is 0.975. The van der Waals surface area contributed by atoms with Crippen LogP contribution in [-0.4, -0.2) is 65.2 Å². The van der Waals surface area contributed by atoms with Gasteiger partial charge in [-0.3, -0.25) is 4.90 Å². The highest BCUT2D eigenvalue weighted by molar-refractivity contribution is 5.83. The summed E-state index contributed by atoms with van der Waals surface area (Å²) in [7, 11) is 0. The van der Waals surface area contributed by atoms with Gasteiger partial charge in [-0.2, -0.15) is 0 Å². The van der Waals surface area contributed by atoms with Gasteiger partial charge in [-0.1, -0.05) is 20.8 Å². The third-order valence-corrected chi connectivity index (χ3v) is 4.26. The number of amides is 2. The number of carboxylic acid groups (broad SMARTS) is 1. The maximum atomic E-state index is 12.3. The van der Waals surface area contributed by atoms with Crippen LogP contribution in [0.3, 0.4) is 0 Å². The molecule has 2 rings (SSSR count). The Bertz CT molecular complexity index is 392. The van der Waals surface area contributed by atoms with E-state index < -0.39 is 17.4 Å². The standard InChI is InChI=1S/C14H25N3O3/c1-14(2,3)11(12(18)19)15-13(20)17-8-7-16-6-4-5-10(16)9-17/h10-11H,4-9H2,1-3H3,(H,15,20)(H,18,19). The molecule has 0 spiro atoms. The summed E-state index contributed by atoms with van der Waals surface area (Å²) in [4.78, 5) is 27.8. The van der Waals surface area contributed by atoms with Gasteiger partial charge >= 0.3 is 12.0 Å². The molecule has 114 valence electrons. The molecule has 0 saturated carbocycles. The average molecular weight is 283 g/mol. The van der Waals surface area contributed by atoms with Crippen molar-refractivity contribution < 1.29 is 14.7 Å². The lowest BCUT2D eigenvalue weighted by Crippen LogP contribution is -2.58. The SMILES string of the molecule is CC(C)(C)C(NC(=O)N1CCN2CCCC2C1)C(=O)O. The van der Waals surface area contributed by atoms with Crippen LogP contribution in [0.5, 0.6) is 0 Å². The fraction of sp³-hybridized carbons (Fsp3) is 0.857. The summed E-state index contributed by atoms with van der Waals surface area (Å²) >= 11 is 0. The van der Waals surface area contributed by atoms with E-state index >= 15 is 0 Å². The lowest BCUT2D eigenvalue weighted by Gasteiger charge is -2.38. The number of hydrogen-bond acceptors (Lipinski definition) is 3. The largest absolute Gasteiger partial charge is 0.480 e. The van der Waals surface area contributed by atoms with E-state index in [4.69, 9.17) is 0 Å². The van der Waals surface area contributed by atoms with Gasteiger partial charge in [0.25, 0.3) is 0 Å². The van der Waals surface area contributed by atoms with E-state index in [-0.39, 0.29) is 6.03 Å². The van der Waals surface area contributed by atoms with Crippen LogP contribution in [0, 0.1) is 5.41 Å². The summed E-state index contributed by atoms with van der Waals surface area (Å²) in [6, 6.07) is -0.664. The van der Waals surface area contributed by atoms with Gasteiger partial charge in [0.15, 0.2) is 0 Å². The van der Waals surface area contributed by atoms with E-state index in [9.17, 15) is 14.7 Å². The van der Waals surface area contributed by atoms with Crippen molar-refractivity contribution >= 4 is 12.0 Å². The fourth-order valence-corrected chi connectivity index (χ4v) is 3.04. The zero-order valence-corrected chi connectivity index (χ0v) is 12.6. The highest BCUT2D eigenvalue weighted by Crippen LogP contribution is 2.23. The number of nitrogens with one attached hydrogen (secondary N) is 1. The number of aliphatic carboxylic acids is 1. The van der Waals surface area contributed by atoms with Crippen LogP contribution in [0.4, 0.5) is 4.79 Å². The van der Waals surface area contributed by atoms with Crippen molar-refractivity contribution in [3.05, 3.63) is 0 Å². The Balaban J connectivity index is 1.95. The first-order valence-electron chi connectivity index (χ1n) is 7.31. The van der Waals surface area contributed by atoms with Gasteiger partial charge in [0.2, 0.25) is 0 Å². The zero-order valence-electron chi connectivity index (χ0n) is 12.6. The molecule has 2 amide bonds. The molecule has 2 N–H and O–H groups in total. The number of carbonyl (C=O) groups excluding carboxylic acids is 1. The molecule has 2 aliphatic heterocycles. The van der Waals surface area contributed by atoms with Gasteiger partial charge < -0.3 is 15.3 Å². The fourth-order valence-electron chi connectivity index (χ4n) is 3.04. The molecule has 0 aromatic carbocycles. The third kappa shape index (κ3) is 3.23. The lowest BCUT2D eigenvalue weighted by molar-refractivity contribution is -0.142. The van der Waals surface area contributed by atoms with E-state index in [1.54, 1.807) is 4.90 Å². The third-order valence-electron chi connectivity index (χ3n) is 4.26. The van der Waals surface area contributed by atoms with Gasteiger partial charge in [0.05, 0.1) is 0 Å². The average Bonchev–Trinajstić information content (AvgIpc) is 2.80. The maximum Gasteiger partial charge on any atom is 0.326 e. The quantitative estimate of drug-likeness (QED) is 0.792. The number of rotatable bonds is 2. The molecule has 20 heavy (non-hydrogen) atoms. The first-order chi connectivity index (χ1) is 9.29. The summed E-state index contributed by atoms with van der Waals surface area (Å²) in [6.07, 6.45) is 2.32. The second-order valence-corrected chi connectivity index (χ2v) is 6.86. The molecule has 6 heteroatoms. The van der Waals surface area contributed by atoms with Gasteiger partial charge in [-0.05, 0) is 24.8 Å². The van der Waals surface area contributed by atoms with Crippen molar-refractivity contribution in [2.45, 2.75) is 45.7 Å². The molecule has 0 aromatic rings. The van der Waals surface area contributed by atoms with E-state index in [2.05, 4.69) is 10.2 Å².